The molecule has 1 fully saturated rings. The standard InChI is InChI=1S/C30H31N5O4S/c1-34(23-10-13-40(39)14-11-23)25-6-2-3-7-26(25)35(19-36)18-27(37)32-22-9-8-20-16-30(17-21(20)15-22)24-5-4-12-31-28(24)33-29(30)38/h2-9,12,15,19,23H,10-11,13-14,16-18H2,1H3,(H,32,37)(H,31,33,38). The predicted molar refractivity (Wildman–Crippen MR) is 156 cm³/mol. The quantitative estimate of drug-likeness (QED) is 0.432. The molecule has 0 radical (unpaired) electrons. The lowest BCUT2D eigenvalue weighted by molar-refractivity contribution is -0.120. The first-order chi connectivity index (χ1) is 19.4. The molecule has 0 saturated carbocycles. The number of para-hydroxylation sites is 2. The Bertz CT molecular complexity index is 1520. The summed E-state index contributed by atoms with van der Waals surface area (Å²) in [6.45, 7) is -0.147. The van der Waals surface area contributed by atoms with Crippen molar-refractivity contribution in [1.82, 2.24) is 4.98 Å². The Kier molecular flexibility index (Phi) is 6.87. The molecule has 6 rings (SSSR count). The average molecular weight is 558 g/mol. The smallest absolute Gasteiger partial charge is 0.244 e. The van der Waals surface area contributed by atoms with Crippen molar-refractivity contribution in [1.29, 1.82) is 0 Å². The van der Waals surface area contributed by atoms with Gasteiger partial charge in [-0.15, -0.1) is 0 Å². The molecule has 0 bridgehead atoms. The lowest BCUT2D eigenvalue weighted by Gasteiger charge is -2.35. The van der Waals surface area contributed by atoms with E-state index in [4.69, 9.17) is 0 Å². The summed E-state index contributed by atoms with van der Waals surface area (Å²) in [7, 11) is 1.22. The molecule has 1 aromatic heterocycles. The number of amides is 3. The van der Waals surface area contributed by atoms with Crippen molar-refractivity contribution in [3.63, 3.8) is 0 Å². The van der Waals surface area contributed by atoms with Crippen molar-refractivity contribution in [2.45, 2.75) is 37.1 Å². The molecule has 3 amide bonds. The van der Waals surface area contributed by atoms with Gasteiger partial charge in [0.1, 0.15) is 12.4 Å². The van der Waals surface area contributed by atoms with E-state index in [0.717, 1.165) is 35.2 Å². The lowest BCUT2D eigenvalue weighted by Crippen LogP contribution is -2.39. The van der Waals surface area contributed by atoms with E-state index >= 15 is 0 Å². The number of carbonyl (C=O) groups excluding carboxylic acids is 3. The third-order valence-electron chi connectivity index (χ3n) is 8.38. The summed E-state index contributed by atoms with van der Waals surface area (Å²) < 4.78 is 11.8. The van der Waals surface area contributed by atoms with Gasteiger partial charge in [-0.25, -0.2) is 4.98 Å². The molecule has 1 atom stereocenters. The summed E-state index contributed by atoms with van der Waals surface area (Å²) in [5, 5.41) is 5.85. The molecule has 2 aliphatic heterocycles. The number of nitrogens with one attached hydrogen (secondary N) is 2. The van der Waals surface area contributed by atoms with E-state index in [9.17, 15) is 18.6 Å². The Labute approximate surface area is 235 Å². The van der Waals surface area contributed by atoms with Gasteiger partial charge in [-0.1, -0.05) is 24.3 Å². The first-order valence-corrected chi connectivity index (χ1v) is 14.9. The zero-order valence-electron chi connectivity index (χ0n) is 22.3. The van der Waals surface area contributed by atoms with E-state index in [-0.39, 0.29) is 24.4 Å². The molecule has 206 valence electrons. The summed E-state index contributed by atoms with van der Waals surface area (Å²) in [4.78, 5) is 46.1. The molecule has 2 N–H and O–H groups in total. The average Bonchev–Trinajstić information content (AvgIpc) is 3.48. The van der Waals surface area contributed by atoms with Gasteiger partial charge in [0.25, 0.3) is 0 Å². The highest BCUT2D eigenvalue weighted by Gasteiger charge is 2.51. The zero-order valence-corrected chi connectivity index (χ0v) is 23.1. The van der Waals surface area contributed by atoms with Gasteiger partial charge in [0.05, 0.1) is 16.8 Å². The Morgan fingerprint density at radius 3 is 2.62 bits per heavy atom. The van der Waals surface area contributed by atoms with Crippen LogP contribution in [0.2, 0.25) is 0 Å². The van der Waals surface area contributed by atoms with Crippen LogP contribution in [-0.4, -0.2) is 58.6 Å². The van der Waals surface area contributed by atoms with Gasteiger partial charge in [0.15, 0.2) is 0 Å². The number of aromatic nitrogens is 1. The maximum absolute atomic E-state index is 13.1. The number of hydrogen-bond acceptors (Lipinski definition) is 6. The fraction of sp³-hybridized carbons (Fsp3) is 0.333. The number of anilines is 4. The van der Waals surface area contributed by atoms with Gasteiger partial charge in [-0.3, -0.25) is 18.6 Å². The topological polar surface area (TPSA) is 112 Å². The van der Waals surface area contributed by atoms with Gasteiger partial charge in [0.2, 0.25) is 18.2 Å². The monoisotopic (exact) mass is 557 g/mol. The van der Waals surface area contributed by atoms with E-state index in [1.165, 1.54) is 4.90 Å². The Hall–Kier alpha value is -4.05. The van der Waals surface area contributed by atoms with E-state index in [2.05, 4.69) is 20.5 Å². The Morgan fingerprint density at radius 2 is 1.85 bits per heavy atom. The number of benzene rings is 2. The first kappa shape index (κ1) is 26.2. The van der Waals surface area contributed by atoms with E-state index in [1.807, 2.05) is 61.6 Å². The molecule has 1 unspecified atom stereocenters. The van der Waals surface area contributed by atoms with E-state index in [0.29, 0.717) is 48.0 Å². The van der Waals surface area contributed by atoms with Crippen LogP contribution in [-0.2, 0) is 43.4 Å². The maximum atomic E-state index is 13.1. The van der Waals surface area contributed by atoms with Crippen LogP contribution in [0, 0.1) is 0 Å². The highest BCUT2D eigenvalue weighted by molar-refractivity contribution is 7.85. The maximum Gasteiger partial charge on any atom is 0.244 e. The normalized spacial score (nSPS) is 22.8. The molecule has 3 heterocycles. The molecule has 1 saturated heterocycles. The highest BCUT2D eigenvalue weighted by Crippen LogP contribution is 2.47. The lowest BCUT2D eigenvalue weighted by atomic mass is 9.79. The summed E-state index contributed by atoms with van der Waals surface area (Å²) in [6.07, 6.45) is 5.11. The van der Waals surface area contributed by atoms with Crippen LogP contribution in [0.3, 0.4) is 0 Å². The molecule has 3 aliphatic rings. The zero-order chi connectivity index (χ0) is 27.9. The molecule has 40 heavy (non-hydrogen) atoms. The number of nitrogens with zero attached hydrogens (tertiary/aromatic N) is 3. The molecular weight excluding hydrogens is 526 g/mol. The van der Waals surface area contributed by atoms with Crippen molar-refractivity contribution in [2.24, 2.45) is 0 Å². The second-order valence-corrected chi connectivity index (χ2v) is 12.4. The van der Waals surface area contributed by atoms with Gasteiger partial charge in [-0.05, 0) is 67.1 Å². The molecule has 2 aromatic carbocycles. The molecule has 1 spiro atoms. The minimum Gasteiger partial charge on any atom is -0.370 e. The third kappa shape index (κ3) is 4.66. The van der Waals surface area contributed by atoms with Crippen LogP contribution >= 0.6 is 0 Å². The largest absolute Gasteiger partial charge is 0.370 e. The number of carbonyl (C=O) groups is 3. The highest BCUT2D eigenvalue weighted by atomic mass is 32.2. The predicted octanol–water partition coefficient (Wildman–Crippen LogP) is 3.02. The van der Waals surface area contributed by atoms with Crippen LogP contribution in [0.5, 0.6) is 0 Å². The van der Waals surface area contributed by atoms with Crippen LogP contribution in [0.15, 0.2) is 60.8 Å². The van der Waals surface area contributed by atoms with Crippen molar-refractivity contribution in [2.75, 3.05) is 45.5 Å². The van der Waals surface area contributed by atoms with Crippen LogP contribution < -0.4 is 20.4 Å². The van der Waals surface area contributed by atoms with Gasteiger partial charge < -0.3 is 20.4 Å². The minimum atomic E-state index is -0.760. The number of pyridine rings is 1. The molecule has 3 aromatic rings. The van der Waals surface area contributed by atoms with Crippen molar-refractivity contribution >= 4 is 51.9 Å². The van der Waals surface area contributed by atoms with Gasteiger partial charge >= 0.3 is 0 Å². The first-order valence-electron chi connectivity index (χ1n) is 13.5. The SMILES string of the molecule is CN(c1ccccc1N(C=O)CC(=O)Nc1ccc2c(c1)CC1(C2)C(=O)Nc2ncccc21)C1CCS(=O)CC1. The van der Waals surface area contributed by atoms with Crippen molar-refractivity contribution in [3.05, 3.63) is 77.5 Å². The number of rotatable bonds is 7. The summed E-state index contributed by atoms with van der Waals surface area (Å²) in [5.74, 6) is 1.60. The Balaban J connectivity index is 1.16. The van der Waals surface area contributed by atoms with Gasteiger partial charge in [-0.2, -0.15) is 0 Å². The van der Waals surface area contributed by atoms with Crippen molar-refractivity contribution < 1.29 is 18.6 Å². The second kappa shape index (κ2) is 10.5. The molecule has 1 aliphatic carbocycles. The summed E-state index contributed by atoms with van der Waals surface area (Å²) >= 11 is 0. The van der Waals surface area contributed by atoms with E-state index in [1.54, 1.807) is 6.20 Å². The summed E-state index contributed by atoms with van der Waals surface area (Å²) in [5.41, 5.74) is 4.45. The molecular formula is C30H31N5O4S. The number of fused-ring (bicyclic) bond motifs is 3. The molecule has 9 nitrogen and oxygen atoms in total. The minimum absolute atomic E-state index is 0.0465. The van der Waals surface area contributed by atoms with Crippen LogP contribution in [0.25, 0.3) is 0 Å². The van der Waals surface area contributed by atoms with Gasteiger partial charge in [0, 0.05) is 52.8 Å². The second-order valence-electron chi connectivity index (χ2n) is 10.7. The van der Waals surface area contributed by atoms with E-state index < -0.39 is 16.2 Å². The fourth-order valence-electron chi connectivity index (χ4n) is 6.25. The van der Waals surface area contributed by atoms with Crippen LogP contribution in [0.4, 0.5) is 22.9 Å². The Morgan fingerprint density at radius 1 is 1.10 bits per heavy atom. The molecule has 10 heteroatoms. The summed E-state index contributed by atoms with van der Waals surface area (Å²) in [6, 6.07) is 17.3. The third-order valence-corrected chi connectivity index (χ3v) is 9.76. The van der Waals surface area contributed by atoms with Crippen molar-refractivity contribution in [3.8, 4) is 0 Å². The number of hydrogen-bond donors (Lipinski definition) is 2. The fourth-order valence-corrected chi connectivity index (χ4v) is 7.52. The van der Waals surface area contributed by atoms with Crippen LogP contribution in [0.1, 0.15) is 29.5 Å².